The molecule has 1 unspecified atom stereocenters. The lowest BCUT2D eigenvalue weighted by molar-refractivity contribution is -0.134. The van der Waals surface area contributed by atoms with Crippen molar-refractivity contribution >= 4 is 29.1 Å². The summed E-state index contributed by atoms with van der Waals surface area (Å²) >= 11 is 12.1. The molecule has 114 valence electrons. The van der Waals surface area contributed by atoms with Crippen LogP contribution in [0.1, 0.15) is 12.5 Å². The van der Waals surface area contributed by atoms with Gasteiger partial charge in [0.1, 0.15) is 0 Å². The Morgan fingerprint density at radius 2 is 2.00 bits per heavy atom. The number of nitrogens with zero attached hydrogens (tertiary/aromatic N) is 1. The quantitative estimate of drug-likeness (QED) is 0.926. The number of nitrogens with one attached hydrogen (secondary N) is 1. The molecule has 1 aromatic carbocycles. The molecule has 2 saturated heterocycles. The van der Waals surface area contributed by atoms with E-state index < -0.39 is 0 Å². The first-order valence-corrected chi connectivity index (χ1v) is 8.23. The van der Waals surface area contributed by atoms with Crippen LogP contribution in [-0.2, 0) is 11.2 Å². The second kappa shape index (κ2) is 6.15. The smallest absolute Gasteiger partial charge is 0.225 e. The first-order valence-electron chi connectivity index (χ1n) is 7.48. The highest BCUT2D eigenvalue weighted by molar-refractivity contribution is 6.35. The number of carbonyl (C=O) groups excluding carboxylic acids is 1. The molecular formula is C16H20Cl2N2O. The van der Waals surface area contributed by atoms with Gasteiger partial charge in [-0.15, -0.1) is 0 Å². The fourth-order valence-electron chi connectivity index (χ4n) is 3.45. The van der Waals surface area contributed by atoms with E-state index in [1.54, 1.807) is 6.07 Å². The monoisotopic (exact) mass is 326 g/mol. The molecule has 0 aromatic heterocycles. The molecule has 2 fully saturated rings. The van der Waals surface area contributed by atoms with Gasteiger partial charge in [0.2, 0.25) is 5.91 Å². The standard InChI is InChI=1S/C16H20Cl2N2O/c1-10(4-11-2-3-14(17)5-15(11)18)16(21)20-8-12-6-19-7-13(12)9-20/h2-3,5,10,12-13,19H,4,6-9H2,1H3/t10?,12-,13+. The van der Waals surface area contributed by atoms with Crippen molar-refractivity contribution in [2.24, 2.45) is 17.8 Å². The molecule has 2 aliphatic rings. The molecule has 0 spiro atoms. The number of fused-ring (bicyclic) bond motifs is 1. The van der Waals surface area contributed by atoms with Gasteiger partial charge in [-0.1, -0.05) is 36.2 Å². The second-order valence-electron chi connectivity index (χ2n) is 6.26. The molecule has 0 bridgehead atoms. The van der Waals surface area contributed by atoms with E-state index in [0.29, 0.717) is 28.3 Å². The van der Waals surface area contributed by atoms with Crippen LogP contribution in [0.4, 0.5) is 0 Å². The van der Waals surface area contributed by atoms with Gasteiger partial charge in [-0.25, -0.2) is 0 Å². The molecule has 2 aliphatic heterocycles. The summed E-state index contributed by atoms with van der Waals surface area (Å²) < 4.78 is 0. The lowest BCUT2D eigenvalue weighted by Crippen LogP contribution is -2.36. The normalized spacial score (nSPS) is 26.0. The summed E-state index contributed by atoms with van der Waals surface area (Å²) in [5.41, 5.74) is 0.989. The largest absolute Gasteiger partial charge is 0.342 e. The number of hydrogen-bond acceptors (Lipinski definition) is 2. The number of carbonyl (C=O) groups is 1. The van der Waals surface area contributed by atoms with Crippen molar-refractivity contribution < 1.29 is 4.79 Å². The van der Waals surface area contributed by atoms with Crippen molar-refractivity contribution in [1.82, 2.24) is 10.2 Å². The van der Waals surface area contributed by atoms with Gasteiger partial charge >= 0.3 is 0 Å². The Hall–Kier alpha value is -0.770. The van der Waals surface area contributed by atoms with Crippen LogP contribution in [0, 0.1) is 17.8 Å². The third-order valence-electron chi connectivity index (χ3n) is 4.66. The number of hydrogen-bond donors (Lipinski definition) is 1. The molecule has 21 heavy (non-hydrogen) atoms. The van der Waals surface area contributed by atoms with Crippen LogP contribution in [0.3, 0.4) is 0 Å². The van der Waals surface area contributed by atoms with Crippen molar-refractivity contribution in [3.05, 3.63) is 33.8 Å². The summed E-state index contributed by atoms with van der Waals surface area (Å²) in [4.78, 5) is 14.6. The van der Waals surface area contributed by atoms with Crippen molar-refractivity contribution in [2.75, 3.05) is 26.2 Å². The maximum atomic E-state index is 12.6. The molecule has 3 rings (SSSR count). The first-order chi connectivity index (χ1) is 10.0. The molecule has 5 heteroatoms. The van der Waals surface area contributed by atoms with E-state index in [1.807, 2.05) is 24.0 Å². The van der Waals surface area contributed by atoms with Gasteiger partial charge < -0.3 is 10.2 Å². The summed E-state index contributed by atoms with van der Waals surface area (Å²) in [5, 5.41) is 4.67. The second-order valence-corrected chi connectivity index (χ2v) is 7.11. The fourth-order valence-corrected chi connectivity index (χ4v) is 3.94. The zero-order chi connectivity index (χ0) is 15.0. The van der Waals surface area contributed by atoms with Gasteiger partial charge in [-0.3, -0.25) is 4.79 Å². The minimum Gasteiger partial charge on any atom is -0.342 e. The third-order valence-corrected chi connectivity index (χ3v) is 5.25. The van der Waals surface area contributed by atoms with E-state index in [4.69, 9.17) is 23.2 Å². The van der Waals surface area contributed by atoms with Gasteiger partial charge in [0.05, 0.1) is 0 Å². The van der Waals surface area contributed by atoms with Crippen LogP contribution in [0.2, 0.25) is 10.0 Å². The van der Waals surface area contributed by atoms with Gasteiger partial charge in [0.15, 0.2) is 0 Å². The Morgan fingerprint density at radius 3 is 2.62 bits per heavy atom. The number of amides is 1. The predicted molar refractivity (Wildman–Crippen MR) is 85.8 cm³/mol. The topological polar surface area (TPSA) is 32.3 Å². The van der Waals surface area contributed by atoms with Crippen molar-refractivity contribution in [3.63, 3.8) is 0 Å². The summed E-state index contributed by atoms with van der Waals surface area (Å²) in [5.74, 6) is 1.48. The summed E-state index contributed by atoms with van der Waals surface area (Å²) in [7, 11) is 0. The first kappa shape index (κ1) is 15.1. The van der Waals surface area contributed by atoms with E-state index in [0.717, 1.165) is 31.7 Å². The van der Waals surface area contributed by atoms with Crippen LogP contribution >= 0.6 is 23.2 Å². The minimum atomic E-state index is -0.0459. The SMILES string of the molecule is CC(Cc1ccc(Cl)cc1Cl)C(=O)N1C[C@H]2CNC[C@H]2C1. The van der Waals surface area contributed by atoms with Crippen LogP contribution < -0.4 is 5.32 Å². The Bertz CT molecular complexity index is 537. The van der Waals surface area contributed by atoms with Crippen molar-refractivity contribution in [3.8, 4) is 0 Å². The van der Waals surface area contributed by atoms with Crippen LogP contribution in [0.15, 0.2) is 18.2 Å². The lowest BCUT2D eigenvalue weighted by atomic mass is 10.00. The number of benzene rings is 1. The Kier molecular flexibility index (Phi) is 4.43. The molecule has 0 saturated carbocycles. The summed E-state index contributed by atoms with van der Waals surface area (Å²) in [6, 6.07) is 5.48. The maximum Gasteiger partial charge on any atom is 0.225 e. The highest BCUT2D eigenvalue weighted by atomic mass is 35.5. The van der Waals surface area contributed by atoms with Crippen LogP contribution in [0.25, 0.3) is 0 Å². The highest BCUT2D eigenvalue weighted by Gasteiger charge is 2.38. The Labute approximate surface area is 135 Å². The van der Waals surface area contributed by atoms with E-state index in [9.17, 15) is 4.79 Å². The average Bonchev–Trinajstić information content (AvgIpc) is 3.01. The zero-order valence-electron chi connectivity index (χ0n) is 12.1. The van der Waals surface area contributed by atoms with Crippen molar-refractivity contribution in [1.29, 1.82) is 0 Å². The predicted octanol–water partition coefficient (Wildman–Crippen LogP) is 2.85. The number of halogens is 2. The lowest BCUT2D eigenvalue weighted by Gasteiger charge is -2.22. The number of rotatable bonds is 3. The van der Waals surface area contributed by atoms with Crippen molar-refractivity contribution in [2.45, 2.75) is 13.3 Å². The molecular weight excluding hydrogens is 307 g/mol. The Morgan fingerprint density at radius 1 is 1.33 bits per heavy atom. The van der Waals surface area contributed by atoms with E-state index in [2.05, 4.69) is 5.32 Å². The highest BCUT2D eigenvalue weighted by Crippen LogP contribution is 2.29. The van der Waals surface area contributed by atoms with E-state index in [1.165, 1.54) is 0 Å². The third kappa shape index (κ3) is 3.20. The molecule has 1 aromatic rings. The molecule has 1 N–H and O–H groups in total. The van der Waals surface area contributed by atoms with Gasteiger partial charge in [0.25, 0.3) is 0 Å². The molecule has 3 nitrogen and oxygen atoms in total. The average molecular weight is 327 g/mol. The summed E-state index contributed by atoms with van der Waals surface area (Å²) in [6.45, 7) is 5.88. The minimum absolute atomic E-state index is 0.0459. The van der Waals surface area contributed by atoms with Gasteiger partial charge in [-0.2, -0.15) is 0 Å². The van der Waals surface area contributed by atoms with Crippen LogP contribution in [0.5, 0.6) is 0 Å². The number of likely N-dealkylation sites (tertiary alicyclic amines) is 1. The molecule has 0 radical (unpaired) electrons. The van der Waals surface area contributed by atoms with Crippen LogP contribution in [-0.4, -0.2) is 37.0 Å². The van der Waals surface area contributed by atoms with Gasteiger partial charge in [0, 0.05) is 42.1 Å². The molecule has 1 amide bonds. The molecule has 0 aliphatic carbocycles. The zero-order valence-corrected chi connectivity index (χ0v) is 13.6. The molecule has 3 atom stereocenters. The van der Waals surface area contributed by atoms with E-state index in [-0.39, 0.29) is 11.8 Å². The Balaban J connectivity index is 1.62. The summed E-state index contributed by atoms with van der Waals surface area (Å²) in [6.07, 6.45) is 0.666. The van der Waals surface area contributed by atoms with Gasteiger partial charge in [-0.05, 0) is 36.0 Å². The van der Waals surface area contributed by atoms with E-state index >= 15 is 0 Å². The maximum absolute atomic E-state index is 12.6. The fraction of sp³-hybridized carbons (Fsp3) is 0.562. The molecule has 2 heterocycles.